The Balaban J connectivity index is 2.40. The smallest absolute Gasteiger partial charge is 0.227 e. The Morgan fingerprint density at radius 3 is 2.81 bits per heavy atom. The van der Waals surface area contributed by atoms with Crippen molar-refractivity contribution >= 4 is 5.91 Å². The number of methoxy groups -OCH3 is 1. The number of likely N-dealkylation sites (N-methyl/N-ethyl adjacent to an activating group) is 1. The summed E-state index contributed by atoms with van der Waals surface area (Å²) in [6.45, 7) is 4.30. The van der Waals surface area contributed by atoms with Crippen LogP contribution in [0.3, 0.4) is 0 Å². The van der Waals surface area contributed by atoms with Crippen molar-refractivity contribution in [2.24, 2.45) is 11.8 Å². The lowest BCUT2D eigenvalue weighted by atomic mass is 9.97. The van der Waals surface area contributed by atoms with Crippen LogP contribution in [0.1, 0.15) is 6.92 Å². The fourth-order valence-corrected chi connectivity index (χ4v) is 2.07. The number of ether oxygens (including phenoxy) is 1. The SMILES string of the molecule is COCC(O)CN(C)C(=O)C1CNCC1C. The summed E-state index contributed by atoms with van der Waals surface area (Å²) in [5, 5.41) is 12.7. The minimum absolute atomic E-state index is 0.0414. The molecule has 1 aliphatic rings. The average Bonchev–Trinajstić information content (AvgIpc) is 2.63. The van der Waals surface area contributed by atoms with E-state index in [9.17, 15) is 9.90 Å². The maximum atomic E-state index is 12.0. The molecular weight excluding hydrogens is 208 g/mol. The molecule has 1 heterocycles. The van der Waals surface area contributed by atoms with Crippen molar-refractivity contribution < 1.29 is 14.6 Å². The van der Waals surface area contributed by atoms with E-state index in [0.717, 1.165) is 13.1 Å². The van der Waals surface area contributed by atoms with Crippen LogP contribution in [0.5, 0.6) is 0 Å². The lowest BCUT2D eigenvalue weighted by Crippen LogP contribution is -2.41. The molecule has 3 unspecified atom stereocenters. The average molecular weight is 230 g/mol. The summed E-state index contributed by atoms with van der Waals surface area (Å²) in [6, 6.07) is 0. The van der Waals surface area contributed by atoms with Crippen LogP contribution in [0.4, 0.5) is 0 Å². The van der Waals surface area contributed by atoms with Crippen molar-refractivity contribution in [1.82, 2.24) is 10.2 Å². The zero-order valence-corrected chi connectivity index (χ0v) is 10.3. The molecule has 0 aromatic heterocycles. The second-order valence-electron chi connectivity index (χ2n) is 4.57. The van der Waals surface area contributed by atoms with Gasteiger partial charge in [0.15, 0.2) is 0 Å². The Kier molecular flexibility index (Phi) is 5.18. The molecule has 0 saturated carbocycles. The Morgan fingerprint density at radius 1 is 1.62 bits per heavy atom. The molecular formula is C11H22N2O3. The van der Waals surface area contributed by atoms with Crippen molar-refractivity contribution in [3.8, 4) is 0 Å². The highest BCUT2D eigenvalue weighted by molar-refractivity contribution is 5.79. The molecule has 5 nitrogen and oxygen atoms in total. The molecule has 1 fully saturated rings. The van der Waals surface area contributed by atoms with Crippen molar-refractivity contribution in [2.75, 3.05) is 40.4 Å². The molecule has 94 valence electrons. The van der Waals surface area contributed by atoms with Gasteiger partial charge in [-0.25, -0.2) is 0 Å². The Bertz CT molecular complexity index is 235. The van der Waals surface area contributed by atoms with Gasteiger partial charge in [-0.3, -0.25) is 4.79 Å². The van der Waals surface area contributed by atoms with Gasteiger partial charge in [-0.05, 0) is 12.5 Å². The molecule has 1 saturated heterocycles. The van der Waals surface area contributed by atoms with Crippen LogP contribution in [-0.4, -0.2) is 62.4 Å². The van der Waals surface area contributed by atoms with Crippen LogP contribution >= 0.6 is 0 Å². The number of amides is 1. The van der Waals surface area contributed by atoms with Gasteiger partial charge in [-0.15, -0.1) is 0 Å². The van der Waals surface area contributed by atoms with Gasteiger partial charge >= 0.3 is 0 Å². The highest BCUT2D eigenvalue weighted by Crippen LogP contribution is 2.18. The maximum absolute atomic E-state index is 12.0. The number of rotatable bonds is 5. The van der Waals surface area contributed by atoms with Crippen molar-refractivity contribution in [1.29, 1.82) is 0 Å². The first-order valence-corrected chi connectivity index (χ1v) is 5.69. The summed E-state index contributed by atoms with van der Waals surface area (Å²) in [7, 11) is 3.26. The van der Waals surface area contributed by atoms with Crippen LogP contribution in [0.2, 0.25) is 0 Å². The van der Waals surface area contributed by atoms with Gasteiger partial charge < -0.3 is 20.1 Å². The quantitative estimate of drug-likeness (QED) is 0.656. The molecule has 16 heavy (non-hydrogen) atoms. The van der Waals surface area contributed by atoms with Gasteiger partial charge in [0.05, 0.1) is 18.6 Å². The van der Waals surface area contributed by atoms with Crippen LogP contribution in [-0.2, 0) is 9.53 Å². The number of carbonyl (C=O) groups excluding carboxylic acids is 1. The van der Waals surface area contributed by atoms with Gasteiger partial charge in [-0.1, -0.05) is 6.92 Å². The first kappa shape index (κ1) is 13.4. The summed E-state index contributed by atoms with van der Waals surface area (Å²) < 4.78 is 4.83. The lowest BCUT2D eigenvalue weighted by Gasteiger charge is -2.24. The molecule has 1 amide bonds. The number of hydrogen-bond donors (Lipinski definition) is 2. The molecule has 1 rings (SSSR count). The molecule has 3 atom stereocenters. The predicted molar refractivity (Wildman–Crippen MR) is 61.0 cm³/mol. The second kappa shape index (κ2) is 6.18. The van der Waals surface area contributed by atoms with E-state index in [1.165, 1.54) is 7.11 Å². The van der Waals surface area contributed by atoms with Crippen molar-refractivity contribution in [3.63, 3.8) is 0 Å². The van der Waals surface area contributed by atoms with Gasteiger partial charge in [0.25, 0.3) is 0 Å². The summed E-state index contributed by atoms with van der Waals surface area (Å²) in [6.07, 6.45) is -0.608. The van der Waals surface area contributed by atoms with Crippen molar-refractivity contribution in [2.45, 2.75) is 13.0 Å². The molecule has 0 bridgehead atoms. The maximum Gasteiger partial charge on any atom is 0.227 e. The largest absolute Gasteiger partial charge is 0.389 e. The standard InChI is InChI=1S/C11H22N2O3/c1-8-4-12-5-10(8)11(15)13(2)6-9(14)7-16-3/h8-10,12,14H,4-7H2,1-3H3. The Morgan fingerprint density at radius 2 is 2.31 bits per heavy atom. The minimum Gasteiger partial charge on any atom is -0.389 e. The third kappa shape index (κ3) is 3.43. The van der Waals surface area contributed by atoms with Gasteiger partial charge in [-0.2, -0.15) is 0 Å². The van der Waals surface area contributed by atoms with Crippen molar-refractivity contribution in [3.05, 3.63) is 0 Å². The Labute approximate surface area is 96.8 Å². The summed E-state index contributed by atoms with van der Waals surface area (Å²) in [5.74, 6) is 0.516. The number of nitrogens with one attached hydrogen (secondary N) is 1. The van der Waals surface area contributed by atoms with Crippen LogP contribution in [0.15, 0.2) is 0 Å². The van der Waals surface area contributed by atoms with E-state index >= 15 is 0 Å². The zero-order valence-electron chi connectivity index (χ0n) is 10.3. The lowest BCUT2D eigenvalue weighted by molar-refractivity contribution is -0.136. The van der Waals surface area contributed by atoms with E-state index in [2.05, 4.69) is 12.2 Å². The molecule has 2 N–H and O–H groups in total. The topological polar surface area (TPSA) is 61.8 Å². The van der Waals surface area contributed by atoms with E-state index < -0.39 is 6.10 Å². The molecule has 0 radical (unpaired) electrons. The monoisotopic (exact) mass is 230 g/mol. The fraction of sp³-hybridized carbons (Fsp3) is 0.909. The molecule has 0 aromatic rings. The number of aliphatic hydroxyl groups is 1. The third-order valence-electron chi connectivity index (χ3n) is 3.05. The number of nitrogens with zero attached hydrogens (tertiary/aromatic N) is 1. The van der Waals surface area contributed by atoms with E-state index in [-0.39, 0.29) is 18.4 Å². The molecule has 0 spiro atoms. The second-order valence-corrected chi connectivity index (χ2v) is 4.57. The van der Waals surface area contributed by atoms with E-state index in [1.807, 2.05) is 0 Å². The molecule has 1 aliphatic heterocycles. The zero-order chi connectivity index (χ0) is 12.1. The van der Waals surface area contributed by atoms with Crippen LogP contribution in [0.25, 0.3) is 0 Å². The summed E-state index contributed by atoms with van der Waals surface area (Å²) in [5.41, 5.74) is 0. The molecule has 5 heteroatoms. The highest BCUT2D eigenvalue weighted by atomic mass is 16.5. The van der Waals surface area contributed by atoms with Gasteiger partial charge in [0, 0.05) is 27.2 Å². The normalized spacial score (nSPS) is 26.8. The van der Waals surface area contributed by atoms with E-state index in [1.54, 1.807) is 11.9 Å². The number of hydrogen-bond acceptors (Lipinski definition) is 4. The first-order valence-electron chi connectivity index (χ1n) is 5.69. The van der Waals surface area contributed by atoms with Gasteiger partial charge in [0.1, 0.15) is 0 Å². The number of carbonyl (C=O) groups is 1. The van der Waals surface area contributed by atoms with Gasteiger partial charge in [0.2, 0.25) is 5.91 Å². The minimum atomic E-state index is -0.608. The molecule has 0 aromatic carbocycles. The first-order chi connectivity index (χ1) is 7.56. The number of aliphatic hydroxyl groups excluding tert-OH is 1. The Hall–Kier alpha value is -0.650. The predicted octanol–water partition coefficient (Wildman–Crippen LogP) is -0.692. The summed E-state index contributed by atoms with van der Waals surface area (Å²) >= 11 is 0. The molecule has 0 aliphatic carbocycles. The fourth-order valence-electron chi connectivity index (χ4n) is 2.07. The van der Waals surface area contributed by atoms with E-state index in [4.69, 9.17) is 4.74 Å². The summed E-state index contributed by atoms with van der Waals surface area (Å²) in [4.78, 5) is 13.6. The highest BCUT2D eigenvalue weighted by Gasteiger charge is 2.31. The third-order valence-corrected chi connectivity index (χ3v) is 3.05. The van der Waals surface area contributed by atoms with E-state index in [0.29, 0.717) is 12.5 Å². The van der Waals surface area contributed by atoms with Crippen LogP contribution < -0.4 is 5.32 Å². The van der Waals surface area contributed by atoms with Crippen LogP contribution in [0, 0.1) is 11.8 Å².